The van der Waals surface area contributed by atoms with E-state index in [-0.39, 0.29) is 0 Å². The van der Waals surface area contributed by atoms with E-state index in [4.69, 9.17) is 14.6 Å². The van der Waals surface area contributed by atoms with Crippen molar-refractivity contribution in [3.05, 3.63) is 82.7 Å². The highest BCUT2D eigenvalue weighted by atomic mass is 32.2. The summed E-state index contributed by atoms with van der Waals surface area (Å²) in [6, 6.07) is 16.7. The smallest absolute Gasteiger partial charge is 0.247 e. The summed E-state index contributed by atoms with van der Waals surface area (Å²) < 4.78 is 39.4. The molecule has 0 fully saturated rings. The molecule has 1 aliphatic heterocycles. The molecular weight excluding hydrogens is 484 g/mol. The summed E-state index contributed by atoms with van der Waals surface area (Å²) in [6.07, 6.45) is 3.46. The van der Waals surface area contributed by atoms with Gasteiger partial charge < -0.3 is 9.47 Å². The highest BCUT2D eigenvalue weighted by molar-refractivity contribution is 7.88. The van der Waals surface area contributed by atoms with Gasteiger partial charge in [-0.15, -0.1) is 0 Å². The Labute approximate surface area is 208 Å². The van der Waals surface area contributed by atoms with E-state index in [0.717, 1.165) is 28.1 Å². The number of methoxy groups -OCH3 is 2. The second-order valence-corrected chi connectivity index (χ2v) is 10.7. The van der Waals surface area contributed by atoms with E-state index < -0.39 is 16.1 Å². The maximum atomic E-state index is 12.8. The number of sulfonamides is 1. The molecule has 0 aliphatic carbocycles. The molecule has 0 spiro atoms. The van der Waals surface area contributed by atoms with Gasteiger partial charge in [0.1, 0.15) is 0 Å². The molecule has 2 aromatic heterocycles. The van der Waals surface area contributed by atoms with Gasteiger partial charge in [-0.1, -0.05) is 18.2 Å². The number of aromatic nitrogens is 2. The zero-order chi connectivity index (χ0) is 24.6. The van der Waals surface area contributed by atoms with Gasteiger partial charge >= 0.3 is 0 Å². The van der Waals surface area contributed by atoms with Crippen LogP contribution < -0.4 is 9.47 Å². The maximum absolute atomic E-state index is 12.8. The Balaban J connectivity index is 1.61. The summed E-state index contributed by atoms with van der Waals surface area (Å²) in [5.41, 5.74) is 4.76. The Hall–Kier alpha value is -3.63. The van der Waals surface area contributed by atoms with Gasteiger partial charge in [0.05, 0.1) is 43.6 Å². The van der Waals surface area contributed by atoms with Crippen LogP contribution in [0.5, 0.6) is 11.5 Å². The van der Waals surface area contributed by atoms with E-state index in [1.807, 2.05) is 65.5 Å². The molecule has 2 aromatic carbocycles. The van der Waals surface area contributed by atoms with Gasteiger partial charge in [-0.3, -0.25) is 0 Å². The van der Waals surface area contributed by atoms with Crippen molar-refractivity contribution >= 4 is 27.1 Å². The van der Waals surface area contributed by atoms with Gasteiger partial charge in [0, 0.05) is 34.7 Å². The molecule has 0 amide bonds. The Morgan fingerprint density at radius 1 is 1.00 bits per heavy atom. The molecule has 10 heteroatoms. The zero-order valence-corrected chi connectivity index (χ0v) is 21.1. The van der Waals surface area contributed by atoms with Crippen LogP contribution in [0.15, 0.2) is 76.7 Å². The van der Waals surface area contributed by atoms with Gasteiger partial charge in [-0.05, 0) is 41.8 Å². The first-order valence-corrected chi connectivity index (χ1v) is 13.6. The predicted molar refractivity (Wildman–Crippen MR) is 137 cm³/mol. The number of para-hydroxylation sites is 1. The minimum Gasteiger partial charge on any atom is -0.493 e. The van der Waals surface area contributed by atoms with Gasteiger partial charge in [0.2, 0.25) is 10.0 Å². The van der Waals surface area contributed by atoms with Crippen molar-refractivity contribution in [1.29, 1.82) is 0 Å². The first-order chi connectivity index (χ1) is 16.9. The third-order valence-electron chi connectivity index (χ3n) is 5.85. The molecule has 0 saturated carbocycles. The summed E-state index contributed by atoms with van der Waals surface area (Å²) in [6.45, 7) is 0. The van der Waals surface area contributed by atoms with Crippen LogP contribution in [-0.4, -0.2) is 48.8 Å². The van der Waals surface area contributed by atoms with Crippen molar-refractivity contribution in [3.63, 3.8) is 0 Å². The van der Waals surface area contributed by atoms with E-state index >= 15 is 0 Å². The van der Waals surface area contributed by atoms with E-state index in [0.29, 0.717) is 23.6 Å². The largest absolute Gasteiger partial charge is 0.493 e. The second kappa shape index (κ2) is 9.20. The highest BCUT2D eigenvalue weighted by Crippen LogP contribution is 2.40. The average Bonchev–Trinajstić information content (AvgIpc) is 3.62. The lowest BCUT2D eigenvalue weighted by atomic mass is 9.98. The number of hydrogen-bond donors (Lipinski definition) is 0. The SMILES string of the molecule is COc1ccc(C2=NN(S(C)(=O)=O)[C@H](c3cn(-c4ccccc4)nc3-c3ccsc3)C2)cc1OC. The molecule has 180 valence electrons. The molecule has 3 heterocycles. The second-order valence-electron chi connectivity index (χ2n) is 8.10. The van der Waals surface area contributed by atoms with E-state index in [9.17, 15) is 8.42 Å². The summed E-state index contributed by atoms with van der Waals surface area (Å²) in [7, 11) is -0.519. The number of hydrazone groups is 1. The molecule has 0 N–H and O–H groups in total. The summed E-state index contributed by atoms with van der Waals surface area (Å²) in [5, 5.41) is 13.4. The fraction of sp³-hybridized carbons (Fsp3) is 0.200. The number of benzene rings is 2. The van der Waals surface area contributed by atoms with Crippen molar-refractivity contribution < 1.29 is 17.9 Å². The molecule has 5 rings (SSSR count). The monoisotopic (exact) mass is 508 g/mol. The molecule has 0 radical (unpaired) electrons. The third kappa shape index (κ3) is 4.42. The minimum atomic E-state index is -3.65. The van der Waals surface area contributed by atoms with Crippen LogP contribution in [0.3, 0.4) is 0 Å². The molecule has 35 heavy (non-hydrogen) atoms. The fourth-order valence-corrected chi connectivity index (χ4v) is 5.72. The average molecular weight is 509 g/mol. The lowest BCUT2D eigenvalue weighted by molar-refractivity contribution is 0.355. The first kappa shape index (κ1) is 23.1. The van der Waals surface area contributed by atoms with E-state index in [1.165, 1.54) is 10.7 Å². The molecule has 0 saturated heterocycles. The number of rotatable bonds is 7. The van der Waals surface area contributed by atoms with Crippen LogP contribution in [0.2, 0.25) is 0 Å². The van der Waals surface area contributed by atoms with Crippen LogP contribution in [0.25, 0.3) is 16.9 Å². The third-order valence-corrected chi connectivity index (χ3v) is 7.54. The Morgan fingerprint density at radius 2 is 1.77 bits per heavy atom. The molecule has 8 nitrogen and oxygen atoms in total. The van der Waals surface area contributed by atoms with Crippen molar-refractivity contribution in [2.75, 3.05) is 20.5 Å². The number of ether oxygens (including phenoxy) is 2. The lowest BCUT2D eigenvalue weighted by Gasteiger charge is -2.21. The van der Waals surface area contributed by atoms with Crippen molar-refractivity contribution in [3.8, 4) is 28.4 Å². The highest BCUT2D eigenvalue weighted by Gasteiger charge is 2.37. The van der Waals surface area contributed by atoms with Crippen molar-refractivity contribution in [2.24, 2.45) is 5.10 Å². The van der Waals surface area contributed by atoms with E-state index in [2.05, 4.69) is 5.10 Å². The van der Waals surface area contributed by atoms with E-state index in [1.54, 1.807) is 36.3 Å². The Bertz CT molecular complexity index is 1480. The van der Waals surface area contributed by atoms with Crippen LogP contribution >= 0.6 is 11.3 Å². The number of thiophene rings is 1. The lowest BCUT2D eigenvalue weighted by Crippen LogP contribution is -2.26. The molecule has 0 bridgehead atoms. The molecular formula is C25H24N4O4S2. The zero-order valence-electron chi connectivity index (χ0n) is 19.5. The molecule has 0 unspecified atom stereocenters. The maximum Gasteiger partial charge on any atom is 0.247 e. The van der Waals surface area contributed by atoms with Crippen LogP contribution in [-0.2, 0) is 10.0 Å². The van der Waals surface area contributed by atoms with Gasteiger partial charge in [-0.25, -0.2) is 13.1 Å². The van der Waals surface area contributed by atoms with Crippen LogP contribution in [0.1, 0.15) is 23.6 Å². The molecule has 1 aliphatic rings. The number of nitrogens with zero attached hydrogens (tertiary/aromatic N) is 4. The summed E-state index contributed by atoms with van der Waals surface area (Å²) in [4.78, 5) is 0. The van der Waals surface area contributed by atoms with Gasteiger partial charge in [0.25, 0.3) is 0 Å². The van der Waals surface area contributed by atoms with Crippen LogP contribution in [0.4, 0.5) is 0 Å². The minimum absolute atomic E-state index is 0.389. The summed E-state index contributed by atoms with van der Waals surface area (Å²) in [5.74, 6) is 1.15. The van der Waals surface area contributed by atoms with Crippen LogP contribution in [0, 0.1) is 0 Å². The quantitative estimate of drug-likeness (QED) is 0.360. The Kier molecular flexibility index (Phi) is 6.08. The normalized spacial score (nSPS) is 15.8. The molecule has 4 aromatic rings. The predicted octanol–water partition coefficient (Wildman–Crippen LogP) is 4.73. The fourth-order valence-electron chi connectivity index (χ4n) is 4.18. The first-order valence-electron chi connectivity index (χ1n) is 10.9. The van der Waals surface area contributed by atoms with Gasteiger partial charge in [-0.2, -0.15) is 26.0 Å². The summed E-state index contributed by atoms with van der Waals surface area (Å²) >= 11 is 1.57. The van der Waals surface area contributed by atoms with Crippen molar-refractivity contribution in [2.45, 2.75) is 12.5 Å². The standard InChI is InChI=1S/C25H24N4O4S2/c1-32-23-10-9-17(13-24(23)33-2)21-14-22(29(26-21)35(3,30)31)20-15-28(19-7-5-4-6-8-19)27-25(20)18-11-12-34-16-18/h4-13,15-16,22H,14H2,1-3H3/t22-/m0/s1. The molecule has 1 atom stereocenters. The van der Waals surface area contributed by atoms with Gasteiger partial charge in [0.15, 0.2) is 11.5 Å². The Morgan fingerprint density at radius 3 is 2.43 bits per heavy atom. The van der Waals surface area contributed by atoms with Crippen molar-refractivity contribution in [1.82, 2.24) is 14.2 Å². The number of hydrogen-bond acceptors (Lipinski definition) is 7. The topological polar surface area (TPSA) is 86.0 Å².